The zero-order valence-corrected chi connectivity index (χ0v) is 19.6. The van der Waals surface area contributed by atoms with E-state index in [0.29, 0.717) is 46.9 Å². The van der Waals surface area contributed by atoms with Gasteiger partial charge >= 0.3 is 6.18 Å². The molecule has 0 atom stereocenters. The van der Waals surface area contributed by atoms with Crippen LogP contribution in [0.5, 0.6) is 11.5 Å². The van der Waals surface area contributed by atoms with Gasteiger partial charge in [0, 0.05) is 30.2 Å². The molecule has 0 spiro atoms. The van der Waals surface area contributed by atoms with Crippen molar-refractivity contribution in [1.29, 1.82) is 0 Å². The monoisotopic (exact) mass is 477 g/mol. The number of rotatable bonds is 6. The molecule has 2 aromatic carbocycles. The van der Waals surface area contributed by atoms with E-state index in [4.69, 9.17) is 9.47 Å². The van der Waals surface area contributed by atoms with E-state index in [-0.39, 0.29) is 5.91 Å². The van der Waals surface area contributed by atoms with Crippen molar-refractivity contribution in [3.05, 3.63) is 70.8 Å². The third kappa shape index (κ3) is 6.13. The average Bonchev–Trinajstić information content (AvgIpc) is 2.83. The first-order chi connectivity index (χ1) is 15.7. The van der Waals surface area contributed by atoms with Crippen molar-refractivity contribution in [3.8, 4) is 11.5 Å². The Balaban J connectivity index is 2.05. The first-order valence-corrected chi connectivity index (χ1v) is 11.6. The molecule has 2 aromatic rings. The normalized spacial score (nSPS) is 15.4. The van der Waals surface area contributed by atoms with E-state index < -0.39 is 11.7 Å². The van der Waals surface area contributed by atoms with Crippen molar-refractivity contribution >= 4 is 29.3 Å². The van der Waals surface area contributed by atoms with Gasteiger partial charge in [0.1, 0.15) is 0 Å². The lowest BCUT2D eigenvalue weighted by molar-refractivity contribution is -0.137. The summed E-state index contributed by atoms with van der Waals surface area (Å²) < 4.78 is 50.1. The molecule has 4 nitrogen and oxygen atoms in total. The highest BCUT2D eigenvalue weighted by molar-refractivity contribution is 7.99. The summed E-state index contributed by atoms with van der Waals surface area (Å²) in [5.41, 5.74) is 1.49. The molecule has 1 fully saturated rings. The van der Waals surface area contributed by atoms with Crippen LogP contribution in [0.3, 0.4) is 0 Å². The smallest absolute Gasteiger partial charge is 0.416 e. The molecule has 33 heavy (non-hydrogen) atoms. The van der Waals surface area contributed by atoms with E-state index in [1.807, 2.05) is 4.90 Å². The number of nitrogens with zero attached hydrogens (tertiary/aromatic N) is 1. The van der Waals surface area contributed by atoms with Gasteiger partial charge in [0.05, 0.1) is 19.8 Å². The molecule has 1 heterocycles. The lowest BCUT2D eigenvalue weighted by atomic mass is 9.97. The maximum atomic E-state index is 13.2. The predicted octanol–water partition coefficient (Wildman–Crippen LogP) is 5.78. The van der Waals surface area contributed by atoms with Crippen molar-refractivity contribution in [3.63, 3.8) is 0 Å². The van der Waals surface area contributed by atoms with E-state index in [1.165, 1.54) is 20.3 Å². The Hall–Kier alpha value is -2.87. The van der Waals surface area contributed by atoms with Gasteiger partial charge in [0.15, 0.2) is 11.5 Å². The van der Waals surface area contributed by atoms with E-state index >= 15 is 0 Å². The summed E-state index contributed by atoms with van der Waals surface area (Å²) in [6, 6.07) is 10.4. The fourth-order valence-corrected chi connectivity index (χ4v) is 4.46. The van der Waals surface area contributed by atoms with Gasteiger partial charge in [-0.05, 0) is 47.9 Å². The minimum Gasteiger partial charge on any atom is -0.493 e. The van der Waals surface area contributed by atoms with Crippen LogP contribution in [-0.2, 0) is 11.0 Å². The number of allylic oxidation sites excluding steroid dienone is 2. The van der Waals surface area contributed by atoms with Crippen LogP contribution in [0.4, 0.5) is 13.2 Å². The molecule has 8 heteroatoms. The lowest BCUT2D eigenvalue weighted by Gasteiger charge is -2.27. The van der Waals surface area contributed by atoms with Crippen LogP contribution in [0, 0.1) is 0 Å². The molecule has 0 unspecified atom stereocenters. The number of carbonyl (C=O) groups is 1. The van der Waals surface area contributed by atoms with Gasteiger partial charge in [-0.2, -0.15) is 24.9 Å². The van der Waals surface area contributed by atoms with Gasteiger partial charge in [0.25, 0.3) is 0 Å². The molecule has 0 N–H and O–H groups in total. The molecule has 1 aliphatic heterocycles. The largest absolute Gasteiger partial charge is 0.493 e. The SMILES string of the molecule is COc1ccc(C(C=Cc2cccc(C(F)(F)F)c2)=C(C)C(=O)N2CCSCC2)cc1OC. The van der Waals surface area contributed by atoms with Gasteiger partial charge in [-0.3, -0.25) is 4.79 Å². The molecule has 0 aromatic heterocycles. The first kappa shape index (κ1) is 24.8. The minimum absolute atomic E-state index is 0.0891. The molecule has 0 radical (unpaired) electrons. The van der Waals surface area contributed by atoms with Crippen molar-refractivity contribution in [2.45, 2.75) is 13.1 Å². The summed E-state index contributed by atoms with van der Waals surface area (Å²) in [5.74, 6) is 2.71. The number of hydrogen-bond acceptors (Lipinski definition) is 4. The molecule has 3 rings (SSSR count). The number of methoxy groups -OCH3 is 2. The third-order valence-electron chi connectivity index (χ3n) is 5.37. The molecule has 1 saturated heterocycles. The van der Waals surface area contributed by atoms with Crippen LogP contribution in [0.1, 0.15) is 23.6 Å². The van der Waals surface area contributed by atoms with E-state index in [1.54, 1.807) is 55.1 Å². The van der Waals surface area contributed by atoms with Crippen molar-refractivity contribution in [1.82, 2.24) is 4.90 Å². The second kappa shape index (κ2) is 10.8. The number of amides is 1. The molecule has 0 aliphatic carbocycles. The Labute approximate surface area is 196 Å². The van der Waals surface area contributed by atoms with E-state index in [2.05, 4.69) is 0 Å². The van der Waals surface area contributed by atoms with Crippen LogP contribution in [0.15, 0.2) is 54.1 Å². The van der Waals surface area contributed by atoms with Gasteiger partial charge in [-0.15, -0.1) is 0 Å². The van der Waals surface area contributed by atoms with Gasteiger partial charge in [-0.1, -0.05) is 30.4 Å². The second-order valence-corrected chi connectivity index (χ2v) is 8.69. The van der Waals surface area contributed by atoms with E-state index in [9.17, 15) is 18.0 Å². The van der Waals surface area contributed by atoms with Gasteiger partial charge in [0.2, 0.25) is 5.91 Å². The van der Waals surface area contributed by atoms with Gasteiger partial charge < -0.3 is 14.4 Å². The number of alkyl halides is 3. The standard InChI is InChI=1S/C25H26F3NO3S/c1-17(24(30)29-11-13-33-14-12-29)21(19-8-10-22(31-2)23(16-19)32-3)9-7-18-5-4-6-20(15-18)25(26,27)28/h4-10,15-16H,11-14H2,1-3H3. The highest BCUT2D eigenvalue weighted by Gasteiger charge is 2.30. The molecule has 176 valence electrons. The Bertz CT molecular complexity index is 1060. The highest BCUT2D eigenvalue weighted by Crippen LogP contribution is 2.33. The zero-order chi connectivity index (χ0) is 24.0. The summed E-state index contributed by atoms with van der Waals surface area (Å²) in [7, 11) is 3.05. The Morgan fingerprint density at radius 1 is 1.03 bits per heavy atom. The fraction of sp³-hybridized carbons (Fsp3) is 0.320. The maximum Gasteiger partial charge on any atom is 0.416 e. The third-order valence-corrected chi connectivity index (χ3v) is 6.32. The Morgan fingerprint density at radius 3 is 2.36 bits per heavy atom. The topological polar surface area (TPSA) is 38.8 Å². The van der Waals surface area contributed by atoms with Crippen molar-refractivity contribution in [2.75, 3.05) is 38.8 Å². The fourth-order valence-electron chi connectivity index (χ4n) is 3.56. The van der Waals surface area contributed by atoms with Crippen LogP contribution < -0.4 is 9.47 Å². The highest BCUT2D eigenvalue weighted by atomic mass is 32.2. The zero-order valence-electron chi connectivity index (χ0n) is 18.7. The Morgan fingerprint density at radius 2 is 1.73 bits per heavy atom. The molecule has 0 bridgehead atoms. The van der Waals surface area contributed by atoms with Crippen molar-refractivity contribution < 1.29 is 27.4 Å². The molecule has 1 aliphatic rings. The average molecular weight is 478 g/mol. The Kier molecular flexibility index (Phi) is 8.13. The minimum atomic E-state index is -4.43. The predicted molar refractivity (Wildman–Crippen MR) is 127 cm³/mol. The molecule has 0 saturated carbocycles. The second-order valence-electron chi connectivity index (χ2n) is 7.47. The molecule has 1 amide bonds. The van der Waals surface area contributed by atoms with E-state index in [0.717, 1.165) is 23.6 Å². The van der Waals surface area contributed by atoms with Gasteiger partial charge in [-0.25, -0.2) is 0 Å². The summed E-state index contributed by atoms with van der Waals surface area (Å²) in [5, 5.41) is 0. The lowest BCUT2D eigenvalue weighted by Crippen LogP contribution is -2.38. The number of ether oxygens (including phenoxy) is 2. The van der Waals surface area contributed by atoms with Crippen LogP contribution in [0.25, 0.3) is 11.6 Å². The summed E-state index contributed by atoms with van der Waals surface area (Å²) in [6.07, 6.45) is -1.16. The summed E-state index contributed by atoms with van der Waals surface area (Å²) >= 11 is 1.81. The number of carbonyl (C=O) groups excluding carboxylic acids is 1. The van der Waals surface area contributed by atoms with Crippen molar-refractivity contribution in [2.24, 2.45) is 0 Å². The van der Waals surface area contributed by atoms with Crippen LogP contribution in [-0.4, -0.2) is 49.6 Å². The quantitative estimate of drug-likeness (QED) is 0.390. The van der Waals surface area contributed by atoms with Crippen LogP contribution >= 0.6 is 11.8 Å². The number of thioether (sulfide) groups is 1. The first-order valence-electron chi connectivity index (χ1n) is 10.4. The maximum absolute atomic E-state index is 13.2. The number of benzene rings is 2. The number of halogens is 3. The van der Waals surface area contributed by atoms with Crippen LogP contribution in [0.2, 0.25) is 0 Å². The number of hydrogen-bond donors (Lipinski definition) is 0. The summed E-state index contributed by atoms with van der Waals surface area (Å²) in [6.45, 7) is 3.07. The molecular weight excluding hydrogens is 451 g/mol. The summed E-state index contributed by atoms with van der Waals surface area (Å²) in [4.78, 5) is 15.0. The molecular formula is C25H26F3NO3S.